The van der Waals surface area contributed by atoms with E-state index in [-0.39, 0.29) is 12.5 Å². The third kappa shape index (κ3) is 3.28. The Labute approximate surface area is 176 Å². The second kappa shape index (κ2) is 7.35. The highest BCUT2D eigenvalue weighted by Crippen LogP contribution is 2.30. The lowest BCUT2D eigenvalue weighted by Crippen LogP contribution is -2.19. The smallest absolute Gasteiger partial charge is 0.244 e. The third-order valence-electron chi connectivity index (χ3n) is 4.88. The van der Waals surface area contributed by atoms with E-state index in [0.29, 0.717) is 5.02 Å². The molecule has 2 heterocycles. The lowest BCUT2D eigenvalue weighted by atomic mass is 10.1. The number of rotatable bonds is 4. The summed E-state index contributed by atoms with van der Waals surface area (Å²) in [6.45, 7) is 0.169. The van der Waals surface area contributed by atoms with Crippen LogP contribution in [0.1, 0.15) is 0 Å². The number of carbonyl (C=O) groups excluding carboxylic acids is 1. The molecule has 0 saturated carbocycles. The van der Waals surface area contributed by atoms with E-state index < -0.39 is 0 Å². The Kier molecular flexibility index (Phi) is 4.54. The van der Waals surface area contributed by atoms with Crippen LogP contribution in [-0.2, 0) is 11.3 Å². The normalized spacial score (nSPS) is 11.2. The molecule has 3 aromatic carbocycles. The maximum atomic E-state index is 13.0. The fraction of sp³-hybridized carbons (Fsp3) is 0.0435. The fourth-order valence-electron chi connectivity index (χ4n) is 3.55. The van der Waals surface area contributed by atoms with E-state index in [1.807, 2.05) is 82.1 Å². The molecule has 0 atom stereocenters. The van der Waals surface area contributed by atoms with Crippen LogP contribution in [-0.4, -0.2) is 15.5 Å². The molecule has 0 aliphatic rings. The van der Waals surface area contributed by atoms with Crippen molar-refractivity contribution in [3.63, 3.8) is 0 Å². The average Bonchev–Trinajstić information content (AvgIpc) is 3.39. The van der Waals surface area contributed by atoms with Crippen molar-refractivity contribution in [3.8, 4) is 11.4 Å². The number of hydrogen-bond acceptors (Lipinski definition) is 3. The summed E-state index contributed by atoms with van der Waals surface area (Å²) < 4.78 is 1.96. The number of amides is 1. The number of thiophene rings is 1. The van der Waals surface area contributed by atoms with E-state index >= 15 is 0 Å². The van der Waals surface area contributed by atoms with Crippen LogP contribution < -0.4 is 5.32 Å². The highest BCUT2D eigenvalue weighted by atomic mass is 35.5. The molecule has 0 radical (unpaired) electrons. The van der Waals surface area contributed by atoms with Crippen molar-refractivity contribution < 1.29 is 4.79 Å². The summed E-state index contributed by atoms with van der Waals surface area (Å²) in [5.41, 5.74) is 3.57. The van der Waals surface area contributed by atoms with Gasteiger partial charge < -0.3 is 9.88 Å². The van der Waals surface area contributed by atoms with Crippen LogP contribution in [0.2, 0.25) is 5.02 Å². The molecule has 0 aliphatic heterocycles. The summed E-state index contributed by atoms with van der Waals surface area (Å²) in [5, 5.41) is 9.60. The first kappa shape index (κ1) is 17.9. The zero-order valence-corrected chi connectivity index (χ0v) is 16.9. The van der Waals surface area contributed by atoms with Crippen molar-refractivity contribution >= 4 is 56.3 Å². The van der Waals surface area contributed by atoms with E-state index in [2.05, 4.69) is 5.32 Å². The van der Waals surface area contributed by atoms with Crippen LogP contribution in [0.15, 0.2) is 77.5 Å². The van der Waals surface area contributed by atoms with Gasteiger partial charge in [0.05, 0.1) is 11.0 Å². The van der Waals surface area contributed by atoms with Gasteiger partial charge in [-0.1, -0.05) is 48.0 Å². The van der Waals surface area contributed by atoms with Gasteiger partial charge in [0.1, 0.15) is 12.4 Å². The molecular formula is C23H16ClN3OS. The molecule has 6 heteroatoms. The number of carbonyl (C=O) groups is 1. The van der Waals surface area contributed by atoms with Gasteiger partial charge >= 0.3 is 0 Å². The first-order chi connectivity index (χ1) is 14.2. The quantitative estimate of drug-likeness (QED) is 0.378. The van der Waals surface area contributed by atoms with Gasteiger partial charge in [-0.25, -0.2) is 4.98 Å². The standard InChI is InChI=1S/C23H16ClN3OS/c24-18-9-10-19(17-6-2-1-5-16(17)18)25-22(28)13-27-21-8-4-3-7-20(21)26-23(27)15-11-12-29-14-15/h1-12,14H,13H2,(H,25,28). The van der Waals surface area contributed by atoms with Crippen molar-refractivity contribution in [3.05, 3.63) is 82.5 Å². The highest BCUT2D eigenvalue weighted by molar-refractivity contribution is 7.08. The first-order valence-corrected chi connectivity index (χ1v) is 10.5. The molecular weight excluding hydrogens is 402 g/mol. The number of nitrogens with zero attached hydrogens (tertiary/aromatic N) is 2. The molecule has 0 spiro atoms. The van der Waals surface area contributed by atoms with Crippen LogP contribution >= 0.6 is 22.9 Å². The van der Waals surface area contributed by atoms with Gasteiger partial charge in [0, 0.05) is 32.4 Å². The number of imidazole rings is 1. The molecule has 0 unspecified atom stereocenters. The summed E-state index contributed by atoms with van der Waals surface area (Å²) >= 11 is 7.91. The summed E-state index contributed by atoms with van der Waals surface area (Å²) in [6.07, 6.45) is 0. The van der Waals surface area contributed by atoms with E-state index in [1.165, 1.54) is 0 Å². The lowest BCUT2D eigenvalue weighted by molar-refractivity contribution is -0.116. The van der Waals surface area contributed by atoms with Crippen molar-refractivity contribution in [2.45, 2.75) is 6.54 Å². The minimum Gasteiger partial charge on any atom is -0.324 e. The number of halogens is 1. The molecule has 4 nitrogen and oxygen atoms in total. The van der Waals surface area contributed by atoms with Crippen molar-refractivity contribution in [2.75, 3.05) is 5.32 Å². The van der Waals surface area contributed by atoms with Crippen molar-refractivity contribution in [1.82, 2.24) is 9.55 Å². The van der Waals surface area contributed by atoms with Crippen LogP contribution in [0.3, 0.4) is 0 Å². The Morgan fingerprint density at radius 1 is 1.00 bits per heavy atom. The molecule has 1 amide bonds. The average molecular weight is 418 g/mol. The topological polar surface area (TPSA) is 46.9 Å². The second-order valence-corrected chi connectivity index (χ2v) is 7.90. The zero-order valence-electron chi connectivity index (χ0n) is 15.3. The lowest BCUT2D eigenvalue weighted by Gasteiger charge is -2.12. The summed E-state index contributed by atoms with van der Waals surface area (Å²) in [4.78, 5) is 17.7. The van der Waals surface area contributed by atoms with Crippen molar-refractivity contribution in [2.24, 2.45) is 0 Å². The molecule has 5 rings (SSSR count). The maximum absolute atomic E-state index is 13.0. The van der Waals surface area contributed by atoms with Gasteiger partial charge in [0.2, 0.25) is 5.91 Å². The number of nitrogens with one attached hydrogen (secondary N) is 1. The van der Waals surface area contributed by atoms with E-state index in [0.717, 1.165) is 38.9 Å². The summed E-state index contributed by atoms with van der Waals surface area (Å²) in [7, 11) is 0. The number of fused-ring (bicyclic) bond motifs is 2. The van der Waals surface area contributed by atoms with E-state index in [4.69, 9.17) is 16.6 Å². The highest BCUT2D eigenvalue weighted by Gasteiger charge is 2.16. The number of benzene rings is 3. The largest absolute Gasteiger partial charge is 0.324 e. The van der Waals surface area contributed by atoms with Gasteiger partial charge in [0.25, 0.3) is 0 Å². The minimum atomic E-state index is -0.114. The number of anilines is 1. The second-order valence-electron chi connectivity index (χ2n) is 6.71. The van der Waals surface area contributed by atoms with Crippen LogP contribution in [0.4, 0.5) is 5.69 Å². The molecule has 0 bridgehead atoms. The Bertz CT molecular complexity index is 1340. The van der Waals surface area contributed by atoms with Gasteiger partial charge in [0.15, 0.2) is 0 Å². The van der Waals surface area contributed by atoms with Crippen LogP contribution in [0.5, 0.6) is 0 Å². The molecule has 0 aliphatic carbocycles. The monoisotopic (exact) mass is 417 g/mol. The Morgan fingerprint density at radius 3 is 2.62 bits per heavy atom. The molecule has 0 saturated heterocycles. The van der Waals surface area contributed by atoms with Gasteiger partial charge in [-0.15, -0.1) is 0 Å². The number of aromatic nitrogens is 2. The van der Waals surface area contributed by atoms with Crippen LogP contribution in [0.25, 0.3) is 33.2 Å². The first-order valence-electron chi connectivity index (χ1n) is 9.15. The molecule has 29 heavy (non-hydrogen) atoms. The molecule has 2 aromatic heterocycles. The predicted octanol–water partition coefficient (Wildman–Crippen LogP) is 6.21. The SMILES string of the molecule is O=C(Cn1c(-c2ccsc2)nc2ccccc21)Nc1ccc(Cl)c2ccccc12. The fourth-order valence-corrected chi connectivity index (χ4v) is 4.41. The van der Waals surface area contributed by atoms with Gasteiger partial charge in [-0.05, 0) is 35.7 Å². The maximum Gasteiger partial charge on any atom is 0.244 e. The van der Waals surface area contributed by atoms with Crippen molar-refractivity contribution in [1.29, 1.82) is 0 Å². The van der Waals surface area contributed by atoms with E-state index in [1.54, 1.807) is 11.3 Å². The predicted molar refractivity (Wildman–Crippen MR) is 121 cm³/mol. The van der Waals surface area contributed by atoms with Gasteiger partial charge in [-0.3, -0.25) is 4.79 Å². The minimum absolute atomic E-state index is 0.114. The number of hydrogen-bond donors (Lipinski definition) is 1. The summed E-state index contributed by atoms with van der Waals surface area (Å²) in [6, 6.07) is 21.3. The molecule has 5 aromatic rings. The molecule has 0 fully saturated rings. The Balaban J connectivity index is 1.52. The number of para-hydroxylation sites is 2. The van der Waals surface area contributed by atoms with Crippen LogP contribution in [0, 0.1) is 0 Å². The molecule has 142 valence electrons. The molecule has 1 N–H and O–H groups in total. The zero-order chi connectivity index (χ0) is 19.8. The Hall–Kier alpha value is -3.15. The van der Waals surface area contributed by atoms with E-state index in [9.17, 15) is 4.79 Å². The van der Waals surface area contributed by atoms with Gasteiger partial charge in [-0.2, -0.15) is 11.3 Å². The summed E-state index contributed by atoms with van der Waals surface area (Å²) in [5.74, 6) is 0.681. The third-order valence-corrected chi connectivity index (χ3v) is 5.89. The Morgan fingerprint density at radius 2 is 1.79 bits per heavy atom.